The molecule has 156 valence electrons. The summed E-state index contributed by atoms with van der Waals surface area (Å²) in [5.74, 6) is 1.89. The fourth-order valence-corrected chi connectivity index (χ4v) is 3.80. The van der Waals surface area contributed by atoms with Crippen molar-refractivity contribution in [3.63, 3.8) is 0 Å². The highest BCUT2D eigenvalue weighted by Gasteiger charge is 2.15. The zero-order valence-corrected chi connectivity index (χ0v) is 18.6. The number of ether oxygens (including phenoxy) is 1. The monoisotopic (exact) mass is 434 g/mol. The highest BCUT2D eigenvalue weighted by atomic mass is 35.5. The van der Waals surface area contributed by atoms with Crippen molar-refractivity contribution in [2.45, 2.75) is 37.7 Å². The minimum atomic E-state index is -0.0428. The Labute approximate surface area is 181 Å². The molecule has 8 heteroatoms. The van der Waals surface area contributed by atoms with Crippen molar-refractivity contribution < 1.29 is 9.53 Å². The van der Waals surface area contributed by atoms with E-state index < -0.39 is 0 Å². The number of nitrogens with one attached hydrogen (secondary N) is 1. The van der Waals surface area contributed by atoms with Crippen molar-refractivity contribution in [2.24, 2.45) is 5.92 Å². The van der Waals surface area contributed by atoms with Gasteiger partial charge in [0.05, 0.1) is 13.2 Å². The first-order valence-corrected chi connectivity index (χ1v) is 11.2. The summed E-state index contributed by atoms with van der Waals surface area (Å²) in [6, 6.07) is 9.58. The Morgan fingerprint density at radius 3 is 2.55 bits per heavy atom. The molecule has 0 radical (unpaired) electrons. The Bertz CT molecular complexity index is 826. The molecule has 1 fully saturated rings. The highest BCUT2D eigenvalue weighted by molar-refractivity contribution is 7.98. The van der Waals surface area contributed by atoms with E-state index in [1.807, 2.05) is 31.2 Å². The van der Waals surface area contributed by atoms with Gasteiger partial charge in [-0.05, 0) is 30.5 Å². The SMILES string of the molecule is CC(C)C(C)NC(=O)c1ccc(CSc2nc(Cl)cc(N3CCOCC3)n2)cc1. The molecule has 1 amide bonds. The van der Waals surface area contributed by atoms with Crippen LogP contribution in [-0.4, -0.2) is 48.2 Å². The van der Waals surface area contributed by atoms with Crippen LogP contribution < -0.4 is 10.2 Å². The summed E-state index contributed by atoms with van der Waals surface area (Å²) in [5, 5.41) is 4.11. The molecule has 1 aromatic heterocycles. The van der Waals surface area contributed by atoms with Crippen LogP contribution in [0.25, 0.3) is 0 Å². The number of morpholine rings is 1. The van der Waals surface area contributed by atoms with Crippen molar-refractivity contribution in [1.82, 2.24) is 15.3 Å². The number of rotatable bonds is 7. The number of amides is 1. The van der Waals surface area contributed by atoms with Crippen LogP contribution in [0.4, 0.5) is 5.82 Å². The molecule has 0 bridgehead atoms. The lowest BCUT2D eigenvalue weighted by Gasteiger charge is -2.27. The molecule has 0 saturated carbocycles. The van der Waals surface area contributed by atoms with Gasteiger partial charge in [0, 0.05) is 36.5 Å². The Hall–Kier alpha value is -1.83. The lowest BCUT2D eigenvalue weighted by molar-refractivity contribution is 0.0930. The third-order valence-electron chi connectivity index (χ3n) is 4.94. The quantitative estimate of drug-likeness (QED) is 0.403. The van der Waals surface area contributed by atoms with Crippen molar-refractivity contribution >= 4 is 35.1 Å². The van der Waals surface area contributed by atoms with Gasteiger partial charge < -0.3 is 15.0 Å². The highest BCUT2D eigenvalue weighted by Crippen LogP contribution is 2.25. The fraction of sp³-hybridized carbons (Fsp3) is 0.476. The molecular formula is C21H27ClN4O2S. The van der Waals surface area contributed by atoms with Crippen LogP contribution in [0.5, 0.6) is 0 Å². The largest absolute Gasteiger partial charge is 0.378 e. The van der Waals surface area contributed by atoms with Crippen molar-refractivity contribution in [1.29, 1.82) is 0 Å². The molecule has 3 rings (SSSR count). The minimum absolute atomic E-state index is 0.0428. The zero-order chi connectivity index (χ0) is 20.8. The lowest BCUT2D eigenvalue weighted by atomic mass is 10.1. The second kappa shape index (κ2) is 10.3. The first kappa shape index (κ1) is 21.9. The Morgan fingerprint density at radius 1 is 1.21 bits per heavy atom. The van der Waals surface area contributed by atoms with Gasteiger partial charge in [-0.2, -0.15) is 0 Å². The lowest BCUT2D eigenvalue weighted by Crippen LogP contribution is -2.36. The van der Waals surface area contributed by atoms with Gasteiger partial charge in [0.15, 0.2) is 5.16 Å². The molecule has 6 nitrogen and oxygen atoms in total. The van der Waals surface area contributed by atoms with Crippen molar-refractivity contribution in [2.75, 3.05) is 31.2 Å². The molecule has 0 spiro atoms. The van der Waals surface area contributed by atoms with Crippen molar-refractivity contribution in [3.8, 4) is 0 Å². The van der Waals surface area contributed by atoms with E-state index in [0.29, 0.717) is 40.8 Å². The first-order chi connectivity index (χ1) is 13.9. The smallest absolute Gasteiger partial charge is 0.251 e. The van der Waals surface area contributed by atoms with E-state index in [4.69, 9.17) is 16.3 Å². The summed E-state index contributed by atoms with van der Waals surface area (Å²) in [5.41, 5.74) is 1.76. The van der Waals surface area contributed by atoms with Gasteiger partial charge in [-0.15, -0.1) is 0 Å². The summed E-state index contributed by atoms with van der Waals surface area (Å²) in [7, 11) is 0. The zero-order valence-electron chi connectivity index (χ0n) is 17.0. The summed E-state index contributed by atoms with van der Waals surface area (Å²) >= 11 is 7.73. The van der Waals surface area contributed by atoms with E-state index in [0.717, 1.165) is 24.5 Å². The predicted octanol–water partition coefficient (Wildman–Crippen LogP) is 4.03. The minimum Gasteiger partial charge on any atom is -0.378 e. The number of anilines is 1. The number of benzene rings is 1. The topological polar surface area (TPSA) is 67.4 Å². The first-order valence-electron chi connectivity index (χ1n) is 9.82. The molecule has 2 heterocycles. The van der Waals surface area contributed by atoms with Crippen LogP contribution in [0.3, 0.4) is 0 Å². The second-order valence-corrected chi connectivity index (χ2v) is 8.75. The molecule has 1 aliphatic rings. The fourth-order valence-electron chi connectivity index (χ4n) is 2.76. The molecule has 1 atom stereocenters. The van der Waals surface area contributed by atoms with Crippen LogP contribution in [0, 0.1) is 5.92 Å². The average molecular weight is 435 g/mol. The predicted molar refractivity (Wildman–Crippen MR) is 118 cm³/mol. The number of nitrogens with zero attached hydrogens (tertiary/aromatic N) is 3. The van der Waals surface area contributed by atoms with Gasteiger partial charge in [-0.25, -0.2) is 9.97 Å². The van der Waals surface area contributed by atoms with Gasteiger partial charge >= 0.3 is 0 Å². The number of aromatic nitrogens is 2. The Morgan fingerprint density at radius 2 is 1.90 bits per heavy atom. The van der Waals surface area contributed by atoms with Crippen molar-refractivity contribution in [3.05, 3.63) is 46.6 Å². The maximum atomic E-state index is 12.3. The normalized spacial score (nSPS) is 15.4. The van der Waals surface area contributed by atoms with Crippen LogP contribution in [0.15, 0.2) is 35.5 Å². The van der Waals surface area contributed by atoms with E-state index in [-0.39, 0.29) is 11.9 Å². The van der Waals surface area contributed by atoms with Crippen LogP contribution in [-0.2, 0) is 10.5 Å². The second-order valence-electron chi connectivity index (χ2n) is 7.42. The van der Waals surface area contributed by atoms with E-state index in [2.05, 4.69) is 34.0 Å². The summed E-state index contributed by atoms with van der Waals surface area (Å²) in [6.07, 6.45) is 0. The Balaban J connectivity index is 1.60. The van der Waals surface area contributed by atoms with Gasteiger partial charge in [0.1, 0.15) is 11.0 Å². The maximum absolute atomic E-state index is 12.3. The third kappa shape index (κ3) is 6.32. The molecular weight excluding hydrogens is 408 g/mol. The van der Waals surface area contributed by atoms with Crippen LogP contribution in [0.1, 0.15) is 36.7 Å². The van der Waals surface area contributed by atoms with Gasteiger partial charge in [-0.1, -0.05) is 49.3 Å². The van der Waals surface area contributed by atoms with Crippen LogP contribution in [0.2, 0.25) is 5.15 Å². The molecule has 1 saturated heterocycles. The molecule has 1 N–H and O–H groups in total. The van der Waals surface area contributed by atoms with Crippen LogP contribution >= 0.6 is 23.4 Å². The van der Waals surface area contributed by atoms with Gasteiger partial charge in [0.2, 0.25) is 0 Å². The molecule has 2 aromatic rings. The third-order valence-corrected chi connectivity index (χ3v) is 6.05. The number of hydrogen-bond acceptors (Lipinski definition) is 6. The van der Waals surface area contributed by atoms with Gasteiger partial charge in [0.25, 0.3) is 5.91 Å². The van der Waals surface area contributed by atoms with Gasteiger partial charge in [-0.3, -0.25) is 4.79 Å². The molecule has 1 aliphatic heterocycles. The van der Waals surface area contributed by atoms with E-state index in [1.54, 1.807) is 6.07 Å². The standard InChI is InChI=1S/C21H27ClN4O2S/c1-14(2)15(3)23-20(27)17-6-4-16(5-7-17)13-29-21-24-18(22)12-19(25-21)26-8-10-28-11-9-26/h4-7,12,14-15H,8-11,13H2,1-3H3,(H,23,27). The number of carbonyl (C=O) groups is 1. The molecule has 1 unspecified atom stereocenters. The molecule has 0 aliphatic carbocycles. The molecule has 29 heavy (non-hydrogen) atoms. The number of hydrogen-bond donors (Lipinski definition) is 1. The molecule has 1 aromatic carbocycles. The van der Waals surface area contributed by atoms with E-state index >= 15 is 0 Å². The van der Waals surface area contributed by atoms with E-state index in [1.165, 1.54) is 11.8 Å². The Kier molecular flexibility index (Phi) is 7.75. The summed E-state index contributed by atoms with van der Waals surface area (Å²) < 4.78 is 5.39. The van der Waals surface area contributed by atoms with E-state index in [9.17, 15) is 4.79 Å². The summed E-state index contributed by atoms with van der Waals surface area (Å²) in [4.78, 5) is 23.4. The maximum Gasteiger partial charge on any atom is 0.251 e. The average Bonchev–Trinajstić information content (AvgIpc) is 2.72. The number of carbonyl (C=O) groups excluding carboxylic acids is 1. The number of halogens is 1. The number of thioether (sulfide) groups is 1. The summed E-state index contributed by atoms with van der Waals surface area (Å²) in [6.45, 7) is 9.19.